The van der Waals surface area contributed by atoms with Crippen molar-refractivity contribution in [3.63, 3.8) is 0 Å². The number of phenolic OH excluding ortho intramolecular Hbond substituents is 1. The summed E-state index contributed by atoms with van der Waals surface area (Å²) in [5.74, 6) is -1.50. The molecule has 0 aliphatic carbocycles. The Hall–Kier alpha value is -3.54. The Morgan fingerprint density at radius 2 is 1.82 bits per heavy atom. The van der Waals surface area contributed by atoms with Gasteiger partial charge in [-0.05, 0) is 35.9 Å². The number of halogens is 3. The highest BCUT2D eigenvalue weighted by Gasteiger charge is 2.31. The van der Waals surface area contributed by atoms with Crippen molar-refractivity contribution in [1.82, 2.24) is 10.6 Å². The first-order valence-corrected chi connectivity index (χ1v) is 8.11. The highest BCUT2D eigenvalue weighted by atomic mass is 19.4. The molecule has 0 bridgehead atoms. The fourth-order valence-electron chi connectivity index (χ4n) is 2.41. The molecule has 0 aromatic heterocycles. The quantitative estimate of drug-likeness (QED) is 0.658. The maximum Gasteiger partial charge on any atom is 0.416 e. The molecule has 0 fully saturated rings. The molecule has 146 valence electrons. The molecule has 0 aliphatic heterocycles. The molecule has 0 spiro atoms. The van der Waals surface area contributed by atoms with Crippen LogP contribution in [-0.4, -0.2) is 29.5 Å². The van der Waals surface area contributed by atoms with Gasteiger partial charge in [0.1, 0.15) is 18.3 Å². The number of nitrogens with zero attached hydrogens (tertiary/aromatic N) is 1. The van der Waals surface area contributed by atoms with E-state index in [0.717, 1.165) is 12.1 Å². The lowest BCUT2D eigenvalue weighted by Crippen LogP contribution is -2.48. The predicted molar refractivity (Wildman–Crippen MR) is 93.1 cm³/mol. The summed E-state index contributed by atoms with van der Waals surface area (Å²) in [5.41, 5.74) is -0.637. The van der Waals surface area contributed by atoms with Gasteiger partial charge < -0.3 is 15.7 Å². The van der Waals surface area contributed by atoms with Crippen LogP contribution in [0.5, 0.6) is 5.75 Å². The van der Waals surface area contributed by atoms with Crippen molar-refractivity contribution in [3.8, 4) is 11.8 Å². The number of aromatic hydroxyl groups is 1. The Balaban J connectivity index is 2.21. The van der Waals surface area contributed by atoms with E-state index in [0.29, 0.717) is 11.6 Å². The summed E-state index contributed by atoms with van der Waals surface area (Å²) in [6.45, 7) is -0.287. The van der Waals surface area contributed by atoms with Crippen LogP contribution in [0.15, 0.2) is 48.5 Å². The van der Waals surface area contributed by atoms with Crippen molar-refractivity contribution in [3.05, 3.63) is 65.2 Å². The Kier molecular flexibility index (Phi) is 6.60. The first-order valence-electron chi connectivity index (χ1n) is 8.11. The molecule has 6 nitrogen and oxygen atoms in total. The van der Waals surface area contributed by atoms with Crippen LogP contribution in [0.1, 0.15) is 21.5 Å². The Bertz CT molecular complexity index is 890. The number of nitrogens with one attached hydrogen (secondary N) is 2. The van der Waals surface area contributed by atoms with Crippen LogP contribution in [0.4, 0.5) is 13.2 Å². The summed E-state index contributed by atoms with van der Waals surface area (Å²) in [6.07, 6.45) is -4.59. The fourth-order valence-corrected chi connectivity index (χ4v) is 2.41. The number of carbonyl (C=O) groups excluding carboxylic acids is 2. The summed E-state index contributed by atoms with van der Waals surface area (Å²) in [6, 6.07) is 10.3. The molecule has 0 radical (unpaired) electrons. The van der Waals surface area contributed by atoms with E-state index in [9.17, 15) is 27.9 Å². The monoisotopic (exact) mass is 391 g/mol. The lowest BCUT2D eigenvalue weighted by molar-refractivity contribution is -0.137. The normalized spacial score (nSPS) is 11.9. The summed E-state index contributed by atoms with van der Waals surface area (Å²) in [5, 5.41) is 22.6. The van der Waals surface area contributed by atoms with Gasteiger partial charge in [-0.3, -0.25) is 9.59 Å². The number of rotatable bonds is 6. The minimum absolute atomic E-state index is 0.0160. The molecule has 3 N–H and O–H groups in total. The van der Waals surface area contributed by atoms with E-state index in [-0.39, 0.29) is 24.3 Å². The molecule has 2 amide bonds. The van der Waals surface area contributed by atoms with E-state index in [1.807, 2.05) is 0 Å². The maximum atomic E-state index is 12.8. The van der Waals surface area contributed by atoms with Gasteiger partial charge in [0.25, 0.3) is 5.91 Å². The predicted octanol–water partition coefficient (Wildman–Crippen LogP) is 2.39. The number of nitriles is 1. The minimum Gasteiger partial charge on any atom is -0.508 e. The Morgan fingerprint density at radius 3 is 2.43 bits per heavy atom. The Morgan fingerprint density at radius 1 is 1.14 bits per heavy atom. The topological polar surface area (TPSA) is 102 Å². The van der Waals surface area contributed by atoms with Gasteiger partial charge in [-0.15, -0.1) is 0 Å². The summed E-state index contributed by atoms with van der Waals surface area (Å²) in [4.78, 5) is 24.7. The zero-order valence-electron chi connectivity index (χ0n) is 14.5. The fraction of sp³-hybridized carbons (Fsp3) is 0.211. The molecule has 0 aliphatic rings. The average molecular weight is 391 g/mol. The number of hydrogen-bond donors (Lipinski definition) is 3. The minimum atomic E-state index is -4.61. The van der Waals surface area contributed by atoms with Crippen LogP contribution >= 0.6 is 0 Å². The van der Waals surface area contributed by atoms with E-state index in [2.05, 4.69) is 10.6 Å². The molecule has 1 atom stereocenters. The summed E-state index contributed by atoms with van der Waals surface area (Å²) in [7, 11) is 0. The van der Waals surface area contributed by atoms with Gasteiger partial charge in [0, 0.05) is 12.0 Å². The van der Waals surface area contributed by atoms with E-state index in [1.54, 1.807) is 6.07 Å². The molecule has 1 unspecified atom stereocenters. The van der Waals surface area contributed by atoms with Crippen LogP contribution in [0.3, 0.4) is 0 Å². The van der Waals surface area contributed by atoms with Crippen LogP contribution < -0.4 is 10.6 Å². The van der Waals surface area contributed by atoms with Crippen LogP contribution in [0.2, 0.25) is 0 Å². The lowest BCUT2D eigenvalue weighted by atomic mass is 10.0. The Labute approximate surface area is 158 Å². The van der Waals surface area contributed by atoms with Crippen LogP contribution in [0, 0.1) is 11.3 Å². The second kappa shape index (κ2) is 8.90. The molecule has 0 saturated carbocycles. The van der Waals surface area contributed by atoms with Gasteiger partial charge in [0.15, 0.2) is 0 Å². The molecule has 0 heterocycles. The zero-order valence-corrected chi connectivity index (χ0v) is 14.5. The molecule has 2 rings (SSSR count). The molecule has 2 aromatic rings. The van der Waals surface area contributed by atoms with E-state index in [1.165, 1.54) is 30.3 Å². The number of phenols is 1. The summed E-state index contributed by atoms with van der Waals surface area (Å²) >= 11 is 0. The van der Waals surface area contributed by atoms with Crippen molar-refractivity contribution in [1.29, 1.82) is 5.26 Å². The van der Waals surface area contributed by atoms with E-state index in [4.69, 9.17) is 5.26 Å². The third kappa shape index (κ3) is 5.74. The van der Waals surface area contributed by atoms with Gasteiger partial charge in [0.05, 0.1) is 11.6 Å². The van der Waals surface area contributed by atoms with Crippen molar-refractivity contribution < 1.29 is 27.9 Å². The number of amides is 2. The van der Waals surface area contributed by atoms with E-state index < -0.39 is 29.6 Å². The highest BCUT2D eigenvalue weighted by Crippen LogP contribution is 2.29. The first kappa shape index (κ1) is 20.8. The van der Waals surface area contributed by atoms with E-state index >= 15 is 0 Å². The molecular weight excluding hydrogens is 375 g/mol. The molecular formula is C19H16F3N3O3. The zero-order chi connectivity index (χ0) is 20.7. The van der Waals surface area contributed by atoms with Crippen LogP contribution in [-0.2, 0) is 17.4 Å². The third-order valence-corrected chi connectivity index (χ3v) is 3.79. The average Bonchev–Trinajstić information content (AvgIpc) is 2.66. The van der Waals surface area contributed by atoms with Gasteiger partial charge in [-0.25, -0.2) is 0 Å². The SMILES string of the molecule is N#CCNC(=O)C(Cc1ccc(O)cc1)NC(=O)c1cccc(C(F)(F)F)c1. The van der Waals surface area contributed by atoms with Crippen molar-refractivity contribution in [2.24, 2.45) is 0 Å². The molecule has 0 saturated heterocycles. The third-order valence-electron chi connectivity index (χ3n) is 3.79. The lowest BCUT2D eigenvalue weighted by Gasteiger charge is -2.18. The van der Waals surface area contributed by atoms with Crippen molar-refractivity contribution >= 4 is 11.8 Å². The van der Waals surface area contributed by atoms with Crippen LogP contribution in [0.25, 0.3) is 0 Å². The second-order valence-electron chi connectivity index (χ2n) is 5.85. The molecule has 9 heteroatoms. The van der Waals surface area contributed by atoms with Gasteiger partial charge >= 0.3 is 6.18 Å². The van der Waals surface area contributed by atoms with Gasteiger partial charge in [0.2, 0.25) is 5.91 Å². The van der Waals surface area contributed by atoms with Crippen molar-refractivity contribution in [2.45, 2.75) is 18.6 Å². The smallest absolute Gasteiger partial charge is 0.416 e. The number of carbonyl (C=O) groups is 2. The highest BCUT2D eigenvalue weighted by molar-refractivity contribution is 5.97. The maximum absolute atomic E-state index is 12.8. The standard InChI is InChI=1S/C19H16F3N3O3/c20-19(21,22)14-3-1-2-13(11-14)17(27)25-16(18(28)24-9-8-23)10-12-4-6-15(26)7-5-12/h1-7,11,16,26H,9-10H2,(H,24,28)(H,25,27). The first-order chi connectivity index (χ1) is 13.2. The number of alkyl halides is 3. The second-order valence-corrected chi connectivity index (χ2v) is 5.85. The van der Waals surface area contributed by atoms with Gasteiger partial charge in [-0.1, -0.05) is 18.2 Å². The number of benzene rings is 2. The largest absolute Gasteiger partial charge is 0.508 e. The number of hydrogen-bond acceptors (Lipinski definition) is 4. The van der Waals surface area contributed by atoms with Crippen molar-refractivity contribution in [2.75, 3.05) is 6.54 Å². The summed E-state index contributed by atoms with van der Waals surface area (Å²) < 4.78 is 38.5. The molecule has 28 heavy (non-hydrogen) atoms. The van der Waals surface area contributed by atoms with Gasteiger partial charge in [-0.2, -0.15) is 18.4 Å². The molecule has 2 aromatic carbocycles.